The number of rotatable bonds is 4. The van der Waals surface area contributed by atoms with Gasteiger partial charge in [-0.2, -0.15) is 0 Å². The first-order valence-corrected chi connectivity index (χ1v) is 10.3. The predicted octanol–water partition coefficient (Wildman–Crippen LogP) is 4.43. The summed E-state index contributed by atoms with van der Waals surface area (Å²) in [7, 11) is 1.64. The minimum Gasteiger partial charge on any atom is -0.496 e. The van der Waals surface area contributed by atoms with Crippen molar-refractivity contribution >= 4 is 34.5 Å². The fourth-order valence-corrected chi connectivity index (χ4v) is 4.25. The van der Waals surface area contributed by atoms with Crippen molar-refractivity contribution in [1.29, 1.82) is 0 Å². The molecule has 0 saturated carbocycles. The van der Waals surface area contributed by atoms with E-state index < -0.39 is 0 Å². The van der Waals surface area contributed by atoms with Crippen molar-refractivity contribution in [2.24, 2.45) is 0 Å². The topological polar surface area (TPSA) is 45.7 Å². The number of anilines is 1. The molecule has 3 aromatic rings. The fourth-order valence-electron chi connectivity index (χ4n) is 3.30. The van der Waals surface area contributed by atoms with Gasteiger partial charge in [0.1, 0.15) is 16.5 Å². The number of hydrogen-bond donors (Lipinski definition) is 0. The number of nitrogens with zero attached hydrogens (tertiary/aromatic N) is 3. The molecule has 0 bridgehead atoms. The van der Waals surface area contributed by atoms with E-state index in [4.69, 9.17) is 16.3 Å². The van der Waals surface area contributed by atoms with Gasteiger partial charge >= 0.3 is 0 Å². The smallest absolute Gasteiger partial charge is 0.273 e. The van der Waals surface area contributed by atoms with Gasteiger partial charge < -0.3 is 14.5 Å². The summed E-state index contributed by atoms with van der Waals surface area (Å²) in [6, 6.07) is 15.5. The van der Waals surface area contributed by atoms with Crippen LogP contribution in [0.4, 0.5) is 5.69 Å². The maximum Gasteiger partial charge on any atom is 0.273 e. The Labute approximate surface area is 173 Å². The molecule has 1 saturated heterocycles. The number of ether oxygens (including phenoxy) is 1. The zero-order valence-corrected chi connectivity index (χ0v) is 17.0. The van der Waals surface area contributed by atoms with E-state index >= 15 is 0 Å². The van der Waals surface area contributed by atoms with E-state index in [1.165, 1.54) is 11.3 Å². The molecule has 1 amide bonds. The standard InChI is InChI=1S/C21H20ClN3O2S/c1-27-19-5-3-2-4-17(19)20-23-18(14-28-20)21(26)25-12-10-24(11-13-25)16-8-6-15(22)7-9-16/h2-9,14H,10-13H2,1H3. The Hall–Kier alpha value is -2.57. The summed E-state index contributed by atoms with van der Waals surface area (Å²) in [5.74, 6) is 0.737. The summed E-state index contributed by atoms with van der Waals surface area (Å²) < 4.78 is 5.40. The van der Waals surface area contributed by atoms with Gasteiger partial charge in [-0.15, -0.1) is 11.3 Å². The average molecular weight is 414 g/mol. The van der Waals surface area contributed by atoms with Crippen LogP contribution >= 0.6 is 22.9 Å². The minimum absolute atomic E-state index is 0.0202. The first-order valence-electron chi connectivity index (χ1n) is 9.04. The van der Waals surface area contributed by atoms with Crippen LogP contribution in [0.3, 0.4) is 0 Å². The van der Waals surface area contributed by atoms with Gasteiger partial charge in [0, 0.05) is 42.3 Å². The van der Waals surface area contributed by atoms with Crippen molar-refractivity contribution in [3.05, 3.63) is 64.6 Å². The molecular weight excluding hydrogens is 394 g/mol. The van der Waals surface area contributed by atoms with Crippen molar-refractivity contribution in [3.63, 3.8) is 0 Å². The lowest BCUT2D eigenvalue weighted by Gasteiger charge is -2.35. The van der Waals surface area contributed by atoms with Crippen molar-refractivity contribution in [2.45, 2.75) is 0 Å². The van der Waals surface area contributed by atoms with Gasteiger partial charge in [0.15, 0.2) is 0 Å². The van der Waals surface area contributed by atoms with Gasteiger partial charge in [0.05, 0.1) is 12.7 Å². The molecule has 0 atom stereocenters. The minimum atomic E-state index is -0.0202. The molecule has 144 valence electrons. The number of halogens is 1. The molecule has 4 rings (SSSR count). The lowest BCUT2D eigenvalue weighted by Crippen LogP contribution is -2.48. The molecule has 1 fully saturated rings. The van der Waals surface area contributed by atoms with Gasteiger partial charge in [-0.25, -0.2) is 4.98 Å². The van der Waals surface area contributed by atoms with Gasteiger partial charge in [0.2, 0.25) is 0 Å². The number of carbonyl (C=O) groups is 1. The Morgan fingerprint density at radius 1 is 1.07 bits per heavy atom. The molecule has 0 unspecified atom stereocenters. The van der Waals surface area contributed by atoms with E-state index in [1.807, 2.05) is 58.8 Å². The highest BCUT2D eigenvalue weighted by Crippen LogP contribution is 2.32. The van der Waals surface area contributed by atoms with E-state index in [1.54, 1.807) is 7.11 Å². The van der Waals surface area contributed by atoms with Crippen LogP contribution in [-0.2, 0) is 0 Å². The van der Waals surface area contributed by atoms with Crippen LogP contribution in [0.25, 0.3) is 10.6 Å². The number of amides is 1. The van der Waals surface area contributed by atoms with E-state index in [2.05, 4.69) is 9.88 Å². The Morgan fingerprint density at radius 2 is 1.79 bits per heavy atom. The first-order chi connectivity index (χ1) is 13.7. The van der Waals surface area contributed by atoms with Gasteiger partial charge in [-0.05, 0) is 36.4 Å². The van der Waals surface area contributed by atoms with Crippen LogP contribution in [0.5, 0.6) is 5.75 Å². The molecule has 1 aliphatic heterocycles. The van der Waals surface area contributed by atoms with Crippen LogP contribution in [-0.4, -0.2) is 49.1 Å². The SMILES string of the molecule is COc1ccccc1-c1nc(C(=O)N2CCN(c3ccc(Cl)cc3)CC2)cs1. The lowest BCUT2D eigenvalue weighted by molar-refractivity contribution is 0.0742. The van der Waals surface area contributed by atoms with E-state index in [9.17, 15) is 4.79 Å². The quantitative estimate of drug-likeness (QED) is 0.634. The molecule has 0 spiro atoms. The van der Waals surface area contributed by atoms with E-state index in [0.29, 0.717) is 18.8 Å². The maximum atomic E-state index is 12.9. The lowest BCUT2D eigenvalue weighted by atomic mass is 10.2. The van der Waals surface area contributed by atoms with Crippen LogP contribution in [0.2, 0.25) is 5.02 Å². The summed E-state index contributed by atoms with van der Waals surface area (Å²) in [4.78, 5) is 21.6. The highest BCUT2D eigenvalue weighted by Gasteiger charge is 2.24. The molecule has 5 nitrogen and oxygen atoms in total. The summed E-state index contributed by atoms with van der Waals surface area (Å²) >= 11 is 7.42. The molecule has 2 aromatic carbocycles. The Morgan fingerprint density at radius 3 is 2.50 bits per heavy atom. The number of aromatic nitrogens is 1. The number of piperazine rings is 1. The second-order valence-corrected chi connectivity index (χ2v) is 7.79. The highest BCUT2D eigenvalue weighted by molar-refractivity contribution is 7.13. The first kappa shape index (κ1) is 18.8. The molecule has 2 heterocycles. The summed E-state index contributed by atoms with van der Waals surface area (Å²) in [5.41, 5.74) is 2.52. The molecule has 1 aromatic heterocycles. The molecule has 0 N–H and O–H groups in total. The van der Waals surface area contributed by atoms with Crippen LogP contribution in [0.15, 0.2) is 53.9 Å². The largest absolute Gasteiger partial charge is 0.496 e. The highest BCUT2D eigenvalue weighted by atomic mass is 35.5. The van der Waals surface area contributed by atoms with Crippen molar-refractivity contribution < 1.29 is 9.53 Å². The van der Waals surface area contributed by atoms with E-state index in [-0.39, 0.29) is 5.91 Å². The van der Waals surface area contributed by atoms with Crippen LogP contribution < -0.4 is 9.64 Å². The fraction of sp³-hybridized carbons (Fsp3) is 0.238. The van der Waals surface area contributed by atoms with Crippen molar-refractivity contribution in [3.8, 4) is 16.3 Å². The number of hydrogen-bond acceptors (Lipinski definition) is 5. The third kappa shape index (κ3) is 3.84. The third-order valence-electron chi connectivity index (χ3n) is 4.82. The molecule has 0 radical (unpaired) electrons. The number of carbonyl (C=O) groups excluding carboxylic acids is 1. The second-order valence-electron chi connectivity index (χ2n) is 6.49. The monoisotopic (exact) mass is 413 g/mol. The van der Waals surface area contributed by atoms with Crippen LogP contribution in [0.1, 0.15) is 10.5 Å². The molecule has 1 aliphatic rings. The summed E-state index contributed by atoms with van der Waals surface area (Å²) in [5, 5.41) is 3.35. The van der Waals surface area contributed by atoms with Gasteiger partial charge in [0.25, 0.3) is 5.91 Å². The maximum absolute atomic E-state index is 12.9. The Kier molecular flexibility index (Phi) is 5.50. The number of thiazole rings is 1. The normalized spacial score (nSPS) is 14.2. The molecular formula is C21H20ClN3O2S. The van der Waals surface area contributed by atoms with Crippen LogP contribution in [0, 0.1) is 0 Å². The molecule has 28 heavy (non-hydrogen) atoms. The van der Waals surface area contributed by atoms with Crippen molar-refractivity contribution in [1.82, 2.24) is 9.88 Å². The predicted molar refractivity (Wildman–Crippen MR) is 114 cm³/mol. The number of methoxy groups -OCH3 is 1. The van der Waals surface area contributed by atoms with E-state index in [0.717, 1.165) is 40.1 Å². The van der Waals surface area contributed by atoms with Gasteiger partial charge in [-0.3, -0.25) is 4.79 Å². The zero-order chi connectivity index (χ0) is 19.5. The Balaban J connectivity index is 1.43. The average Bonchev–Trinajstić information content (AvgIpc) is 3.24. The second kappa shape index (κ2) is 8.20. The molecule has 7 heteroatoms. The van der Waals surface area contributed by atoms with Gasteiger partial charge in [-0.1, -0.05) is 23.7 Å². The number of para-hydroxylation sites is 1. The van der Waals surface area contributed by atoms with Crippen molar-refractivity contribution in [2.75, 3.05) is 38.2 Å². The number of benzene rings is 2. The Bertz CT molecular complexity index is 966. The third-order valence-corrected chi connectivity index (χ3v) is 5.95. The summed E-state index contributed by atoms with van der Waals surface area (Å²) in [6.45, 7) is 2.92. The zero-order valence-electron chi connectivity index (χ0n) is 15.5. The molecule has 0 aliphatic carbocycles. The summed E-state index contributed by atoms with van der Waals surface area (Å²) in [6.07, 6.45) is 0.